The Labute approximate surface area is 157 Å². The lowest BCUT2D eigenvalue weighted by atomic mass is 9.53. The zero-order valence-electron chi connectivity index (χ0n) is 15.4. The average molecular weight is 372 g/mol. The van der Waals surface area contributed by atoms with Crippen molar-refractivity contribution >= 4 is 17.9 Å². The van der Waals surface area contributed by atoms with E-state index in [1.54, 1.807) is 6.92 Å². The first kappa shape index (κ1) is 17.9. The second-order valence-corrected chi connectivity index (χ2v) is 8.32. The highest BCUT2D eigenvalue weighted by atomic mass is 16.5. The van der Waals surface area contributed by atoms with Crippen molar-refractivity contribution in [3.8, 4) is 0 Å². The Morgan fingerprint density at radius 1 is 1.07 bits per heavy atom. The Bertz CT molecular complexity index is 726. The van der Waals surface area contributed by atoms with Gasteiger partial charge in [-0.3, -0.25) is 15.1 Å². The predicted molar refractivity (Wildman–Crippen MR) is 94.6 cm³/mol. The molecular weight excluding hydrogens is 348 g/mol. The van der Waals surface area contributed by atoms with E-state index >= 15 is 0 Å². The average Bonchev–Trinajstić information content (AvgIpc) is 2.58. The van der Waals surface area contributed by atoms with Crippen molar-refractivity contribution in [1.82, 2.24) is 20.6 Å². The van der Waals surface area contributed by atoms with Gasteiger partial charge in [0, 0.05) is 11.7 Å². The molecule has 4 aliphatic carbocycles. The second kappa shape index (κ2) is 6.90. The van der Waals surface area contributed by atoms with Crippen LogP contribution in [-0.4, -0.2) is 40.0 Å². The molecule has 2 N–H and O–H groups in total. The van der Waals surface area contributed by atoms with E-state index in [-0.39, 0.29) is 11.2 Å². The number of carbonyl (C=O) groups excluding carboxylic acids is 3. The number of urea groups is 1. The fourth-order valence-corrected chi connectivity index (χ4v) is 5.40. The number of hydrogen-bond acceptors (Lipinski definition) is 6. The molecule has 0 atom stereocenters. The lowest BCUT2D eigenvalue weighted by Crippen LogP contribution is -2.62. The van der Waals surface area contributed by atoms with Gasteiger partial charge in [0.2, 0.25) is 0 Å². The normalized spacial score (nSPS) is 30.6. The maximum atomic E-state index is 12.3. The highest BCUT2D eigenvalue weighted by molar-refractivity contribution is 5.96. The van der Waals surface area contributed by atoms with Crippen LogP contribution in [-0.2, 0) is 9.53 Å². The summed E-state index contributed by atoms with van der Waals surface area (Å²) in [5, 5.41) is 5.32. The number of nitrogens with zero attached hydrogens (tertiary/aromatic N) is 2. The number of amides is 3. The first-order chi connectivity index (χ1) is 12.9. The number of esters is 1. The van der Waals surface area contributed by atoms with E-state index in [1.807, 2.05) is 0 Å². The molecule has 1 aromatic heterocycles. The van der Waals surface area contributed by atoms with Gasteiger partial charge in [-0.15, -0.1) is 0 Å². The summed E-state index contributed by atoms with van der Waals surface area (Å²) < 4.78 is 4.89. The standard InChI is InChI=1S/C19H24N4O4/c1-11-8-21-15(9-20-11)17(25)27-10-16(24)22-18(26)23-19-5-12-2-13(6-19)4-14(3-12)7-19/h8-9,12-14H,2-7,10H2,1H3,(H2,22,23,24,26). The van der Waals surface area contributed by atoms with Gasteiger partial charge in [-0.1, -0.05) is 0 Å². The minimum absolute atomic E-state index is 0.0198. The lowest BCUT2D eigenvalue weighted by Gasteiger charge is -2.56. The van der Waals surface area contributed by atoms with E-state index in [9.17, 15) is 14.4 Å². The fourth-order valence-electron chi connectivity index (χ4n) is 5.40. The first-order valence-electron chi connectivity index (χ1n) is 9.48. The quantitative estimate of drug-likeness (QED) is 0.779. The maximum Gasteiger partial charge on any atom is 0.359 e. The van der Waals surface area contributed by atoms with E-state index in [0.29, 0.717) is 23.4 Å². The zero-order chi connectivity index (χ0) is 19.0. The van der Waals surface area contributed by atoms with Gasteiger partial charge in [0.05, 0.1) is 11.9 Å². The smallest absolute Gasteiger partial charge is 0.359 e. The maximum absolute atomic E-state index is 12.3. The molecule has 0 saturated heterocycles. The van der Waals surface area contributed by atoms with Crippen LogP contribution in [0.4, 0.5) is 4.79 Å². The second-order valence-electron chi connectivity index (χ2n) is 8.32. The summed E-state index contributed by atoms with van der Waals surface area (Å²) in [6.07, 6.45) is 9.56. The van der Waals surface area contributed by atoms with Crippen LogP contribution in [0.1, 0.15) is 54.7 Å². The number of aryl methyl sites for hydroxylation is 1. The number of rotatable bonds is 4. The Hall–Kier alpha value is -2.51. The molecule has 0 aromatic carbocycles. The molecule has 4 fully saturated rings. The number of hydrogen-bond donors (Lipinski definition) is 2. The molecule has 8 heteroatoms. The van der Waals surface area contributed by atoms with Crippen LogP contribution in [0.25, 0.3) is 0 Å². The highest BCUT2D eigenvalue weighted by Gasteiger charge is 2.51. The van der Waals surface area contributed by atoms with Gasteiger partial charge in [-0.25, -0.2) is 14.6 Å². The molecule has 27 heavy (non-hydrogen) atoms. The van der Waals surface area contributed by atoms with Crippen molar-refractivity contribution in [2.75, 3.05) is 6.61 Å². The monoisotopic (exact) mass is 372 g/mol. The van der Waals surface area contributed by atoms with Crippen LogP contribution in [0.3, 0.4) is 0 Å². The van der Waals surface area contributed by atoms with Gasteiger partial charge in [0.25, 0.3) is 5.91 Å². The van der Waals surface area contributed by atoms with E-state index < -0.39 is 24.5 Å². The van der Waals surface area contributed by atoms with Crippen LogP contribution in [0.5, 0.6) is 0 Å². The zero-order valence-corrected chi connectivity index (χ0v) is 15.4. The Morgan fingerprint density at radius 2 is 1.70 bits per heavy atom. The topological polar surface area (TPSA) is 110 Å². The van der Waals surface area contributed by atoms with Crippen molar-refractivity contribution in [3.63, 3.8) is 0 Å². The third kappa shape index (κ3) is 3.94. The van der Waals surface area contributed by atoms with E-state index in [2.05, 4.69) is 20.6 Å². The van der Waals surface area contributed by atoms with E-state index in [0.717, 1.165) is 19.3 Å². The van der Waals surface area contributed by atoms with Gasteiger partial charge in [-0.05, 0) is 63.2 Å². The molecule has 1 heterocycles. The van der Waals surface area contributed by atoms with Crippen molar-refractivity contribution in [2.45, 2.75) is 51.0 Å². The van der Waals surface area contributed by atoms with Crippen molar-refractivity contribution < 1.29 is 19.1 Å². The van der Waals surface area contributed by atoms with Gasteiger partial charge in [-0.2, -0.15) is 0 Å². The van der Waals surface area contributed by atoms with Crippen LogP contribution in [0.2, 0.25) is 0 Å². The lowest BCUT2D eigenvalue weighted by molar-refractivity contribution is -0.123. The SMILES string of the molecule is Cc1cnc(C(=O)OCC(=O)NC(=O)NC23CC4CC(CC(C4)C2)C3)cn1. The molecule has 144 valence electrons. The summed E-state index contributed by atoms with van der Waals surface area (Å²) in [6, 6.07) is -0.506. The van der Waals surface area contributed by atoms with Crippen LogP contribution in [0, 0.1) is 24.7 Å². The Balaban J connectivity index is 1.25. The number of carbonyl (C=O) groups is 3. The molecule has 0 spiro atoms. The molecule has 8 nitrogen and oxygen atoms in total. The molecule has 4 saturated carbocycles. The largest absolute Gasteiger partial charge is 0.451 e. The number of nitrogens with one attached hydrogen (secondary N) is 2. The summed E-state index contributed by atoms with van der Waals surface area (Å²) in [5.74, 6) is 0.682. The number of imide groups is 1. The number of ether oxygens (including phenoxy) is 1. The molecule has 3 amide bonds. The van der Waals surface area contributed by atoms with Gasteiger partial charge >= 0.3 is 12.0 Å². The van der Waals surface area contributed by atoms with Crippen LogP contribution in [0.15, 0.2) is 12.4 Å². The summed E-state index contributed by atoms with van der Waals surface area (Å²) in [5.41, 5.74) is 0.518. The summed E-state index contributed by atoms with van der Waals surface area (Å²) in [4.78, 5) is 43.9. The van der Waals surface area contributed by atoms with E-state index in [4.69, 9.17) is 4.74 Å². The van der Waals surface area contributed by atoms with Gasteiger partial charge in [0.15, 0.2) is 12.3 Å². The summed E-state index contributed by atoms with van der Waals surface area (Å²) in [7, 11) is 0. The molecule has 0 unspecified atom stereocenters. The van der Waals surface area contributed by atoms with Gasteiger partial charge < -0.3 is 10.1 Å². The van der Waals surface area contributed by atoms with E-state index in [1.165, 1.54) is 31.7 Å². The third-order valence-corrected chi connectivity index (χ3v) is 5.99. The molecule has 4 aliphatic rings. The van der Waals surface area contributed by atoms with Crippen molar-refractivity contribution in [2.24, 2.45) is 17.8 Å². The van der Waals surface area contributed by atoms with Crippen molar-refractivity contribution in [3.05, 3.63) is 23.8 Å². The Morgan fingerprint density at radius 3 is 2.26 bits per heavy atom. The highest BCUT2D eigenvalue weighted by Crippen LogP contribution is 2.55. The number of aromatic nitrogens is 2. The summed E-state index contributed by atoms with van der Waals surface area (Å²) in [6.45, 7) is 1.21. The van der Waals surface area contributed by atoms with Crippen LogP contribution < -0.4 is 10.6 Å². The minimum atomic E-state index is -0.751. The minimum Gasteiger partial charge on any atom is -0.451 e. The molecular formula is C19H24N4O4. The molecule has 1 aromatic rings. The molecule has 5 rings (SSSR count). The fraction of sp³-hybridized carbons (Fsp3) is 0.632. The predicted octanol–water partition coefficient (Wildman–Crippen LogP) is 1.74. The third-order valence-electron chi connectivity index (χ3n) is 5.99. The Kier molecular flexibility index (Phi) is 4.57. The van der Waals surface area contributed by atoms with Crippen molar-refractivity contribution in [1.29, 1.82) is 0 Å². The summed E-state index contributed by atoms with van der Waals surface area (Å²) >= 11 is 0. The molecule has 4 bridgehead atoms. The first-order valence-corrected chi connectivity index (χ1v) is 9.48. The molecule has 0 aliphatic heterocycles. The van der Waals surface area contributed by atoms with Crippen LogP contribution >= 0.6 is 0 Å². The molecule has 0 radical (unpaired) electrons. The van der Waals surface area contributed by atoms with Gasteiger partial charge in [0.1, 0.15) is 0 Å².